The SMILES string of the molecule is C[C@@H]1C[C@]2(NC(=S)NC2=S)[C@@H](C)CN1C. The first-order valence-electron chi connectivity index (χ1n) is 5.29. The average molecular weight is 243 g/mol. The van der Waals surface area contributed by atoms with Gasteiger partial charge < -0.3 is 15.5 Å². The molecule has 15 heavy (non-hydrogen) atoms. The van der Waals surface area contributed by atoms with Gasteiger partial charge in [0.25, 0.3) is 0 Å². The fourth-order valence-corrected chi connectivity index (χ4v) is 3.37. The summed E-state index contributed by atoms with van der Waals surface area (Å²) in [5.41, 5.74) is -0.0989. The van der Waals surface area contributed by atoms with Crippen molar-refractivity contribution in [3.05, 3.63) is 0 Å². The molecule has 2 aliphatic rings. The summed E-state index contributed by atoms with van der Waals surface area (Å²) in [6.07, 6.45) is 1.02. The molecule has 0 amide bonds. The van der Waals surface area contributed by atoms with Crippen molar-refractivity contribution in [2.75, 3.05) is 13.6 Å². The quantitative estimate of drug-likeness (QED) is 0.616. The van der Waals surface area contributed by atoms with Gasteiger partial charge in [-0.2, -0.15) is 0 Å². The van der Waals surface area contributed by atoms with Crippen LogP contribution in [0, 0.1) is 5.92 Å². The first-order chi connectivity index (χ1) is 6.95. The topological polar surface area (TPSA) is 27.3 Å². The Morgan fingerprint density at radius 1 is 1.40 bits per heavy atom. The smallest absolute Gasteiger partial charge is 0.172 e. The van der Waals surface area contributed by atoms with E-state index in [0.717, 1.165) is 18.0 Å². The molecule has 2 heterocycles. The molecule has 0 unspecified atom stereocenters. The third-order valence-corrected chi connectivity index (χ3v) is 4.41. The summed E-state index contributed by atoms with van der Waals surface area (Å²) in [5.74, 6) is 0.485. The van der Waals surface area contributed by atoms with Crippen molar-refractivity contribution < 1.29 is 0 Å². The van der Waals surface area contributed by atoms with E-state index in [1.807, 2.05) is 0 Å². The number of rotatable bonds is 0. The molecule has 0 aromatic carbocycles. The zero-order chi connectivity index (χ0) is 11.2. The van der Waals surface area contributed by atoms with Gasteiger partial charge in [-0.3, -0.25) is 0 Å². The van der Waals surface area contributed by atoms with Crippen molar-refractivity contribution in [1.82, 2.24) is 15.5 Å². The first-order valence-corrected chi connectivity index (χ1v) is 6.11. The first kappa shape index (κ1) is 11.2. The third-order valence-electron chi connectivity index (χ3n) is 3.74. The lowest BCUT2D eigenvalue weighted by Gasteiger charge is -2.46. The zero-order valence-corrected chi connectivity index (χ0v) is 11.0. The van der Waals surface area contributed by atoms with Gasteiger partial charge in [0.15, 0.2) is 5.11 Å². The normalized spacial score (nSPS) is 41.8. The second kappa shape index (κ2) is 3.64. The van der Waals surface area contributed by atoms with Gasteiger partial charge in [-0.05, 0) is 38.5 Å². The standard InChI is InChI=1S/C10H17N3S2/c1-6-5-13(3)7(2)4-10(6)8(14)11-9(15)12-10/h6-7H,4-5H2,1-3H3,(H2,11,12,14,15)/t6-,7+,10-/m0/s1. The molecule has 3 nitrogen and oxygen atoms in total. The van der Waals surface area contributed by atoms with Crippen LogP contribution in [0.25, 0.3) is 0 Å². The molecule has 0 aromatic rings. The van der Waals surface area contributed by atoms with Crippen molar-refractivity contribution in [2.24, 2.45) is 5.92 Å². The average Bonchev–Trinajstić information content (AvgIpc) is 2.40. The number of hydrogen-bond acceptors (Lipinski definition) is 3. The van der Waals surface area contributed by atoms with Crippen LogP contribution in [0.3, 0.4) is 0 Å². The van der Waals surface area contributed by atoms with Crippen molar-refractivity contribution in [3.63, 3.8) is 0 Å². The predicted octanol–water partition coefficient (Wildman–Crippen LogP) is 0.890. The Labute approximate surface area is 102 Å². The fourth-order valence-electron chi connectivity index (χ4n) is 2.59. The van der Waals surface area contributed by atoms with Crippen molar-refractivity contribution in [1.29, 1.82) is 0 Å². The molecule has 0 aliphatic carbocycles. The number of nitrogens with one attached hydrogen (secondary N) is 2. The summed E-state index contributed by atoms with van der Waals surface area (Å²) in [5, 5.41) is 7.13. The molecule has 2 rings (SSSR count). The summed E-state index contributed by atoms with van der Waals surface area (Å²) >= 11 is 10.6. The molecule has 2 fully saturated rings. The van der Waals surface area contributed by atoms with E-state index in [1.165, 1.54) is 0 Å². The van der Waals surface area contributed by atoms with Crippen LogP contribution in [0.5, 0.6) is 0 Å². The molecule has 2 aliphatic heterocycles. The van der Waals surface area contributed by atoms with E-state index in [9.17, 15) is 0 Å². The van der Waals surface area contributed by atoms with E-state index < -0.39 is 0 Å². The van der Waals surface area contributed by atoms with Gasteiger partial charge in [-0.25, -0.2) is 0 Å². The molecular weight excluding hydrogens is 226 g/mol. The minimum Gasteiger partial charge on any atom is -0.350 e. The minimum absolute atomic E-state index is 0.0989. The molecule has 0 bridgehead atoms. The molecule has 1 spiro atoms. The Morgan fingerprint density at radius 2 is 2.07 bits per heavy atom. The second-order valence-electron chi connectivity index (χ2n) is 4.77. The maximum Gasteiger partial charge on any atom is 0.172 e. The molecule has 3 atom stereocenters. The Kier molecular flexibility index (Phi) is 2.73. The lowest BCUT2D eigenvalue weighted by molar-refractivity contribution is 0.108. The van der Waals surface area contributed by atoms with Crippen molar-refractivity contribution in [2.45, 2.75) is 31.8 Å². The summed E-state index contributed by atoms with van der Waals surface area (Å²) < 4.78 is 0. The second-order valence-corrected chi connectivity index (χ2v) is 5.59. The molecule has 2 saturated heterocycles. The fraction of sp³-hybridized carbons (Fsp3) is 0.800. The highest BCUT2D eigenvalue weighted by Gasteiger charge is 2.49. The molecular formula is C10H17N3S2. The van der Waals surface area contributed by atoms with Crippen molar-refractivity contribution in [3.8, 4) is 0 Å². The number of hydrogen-bond donors (Lipinski definition) is 2. The van der Waals surface area contributed by atoms with Crippen LogP contribution in [0.15, 0.2) is 0 Å². The van der Waals surface area contributed by atoms with E-state index >= 15 is 0 Å². The van der Waals surface area contributed by atoms with Crippen LogP contribution in [-0.4, -0.2) is 40.2 Å². The van der Waals surface area contributed by atoms with E-state index in [-0.39, 0.29) is 5.54 Å². The molecule has 0 saturated carbocycles. The van der Waals surface area contributed by atoms with Gasteiger partial charge in [0, 0.05) is 12.6 Å². The lowest BCUT2D eigenvalue weighted by Crippen LogP contribution is -2.61. The molecule has 84 valence electrons. The van der Waals surface area contributed by atoms with Crippen LogP contribution in [0.4, 0.5) is 0 Å². The number of piperidine rings is 1. The highest BCUT2D eigenvalue weighted by Crippen LogP contribution is 2.33. The van der Waals surface area contributed by atoms with E-state index in [2.05, 4.69) is 36.4 Å². The van der Waals surface area contributed by atoms with Crippen molar-refractivity contribution >= 4 is 34.5 Å². The van der Waals surface area contributed by atoms with E-state index in [0.29, 0.717) is 17.1 Å². The zero-order valence-electron chi connectivity index (χ0n) is 9.33. The Bertz CT molecular complexity index is 318. The van der Waals surface area contributed by atoms with Crippen LogP contribution in [-0.2, 0) is 0 Å². The van der Waals surface area contributed by atoms with Crippen LogP contribution in [0.2, 0.25) is 0 Å². The van der Waals surface area contributed by atoms with Crippen LogP contribution >= 0.6 is 24.4 Å². The highest BCUT2D eigenvalue weighted by molar-refractivity contribution is 7.82. The van der Waals surface area contributed by atoms with Gasteiger partial charge in [0.2, 0.25) is 0 Å². The number of nitrogens with zero attached hydrogens (tertiary/aromatic N) is 1. The lowest BCUT2D eigenvalue weighted by atomic mass is 9.76. The Hall–Kier alpha value is -0.260. The van der Waals surface area contributed by atoms with Gasteiger partial charge in [-0.15, -0.1) is 0 Å². The Morgan fingerprint density at radius 3 is 2.60 bits per heavy atom. The predicted molar refractivity (Wildman–Crippen MR) is 70.1 cm³/mol. The highest BCUT2D eigenvalue weighted by atomic mass is 32.1. The van der Waals surface area contributed by atoms with Crippen LogP contribution in [0.1, 0.15) is 20.3 Å². The van der Waals surface area contributed by atoms with Gasteiger partial charge >= 0.3 is 0 Å². The maximum atomic E-state index is 5.42. The molecule has 2 N–H and O–H groups in total. The summed E-state index contributed by atoms with van der Waals surface area (Å²) in [4.78, 5) is 3.25. The Balaban J connectivity index is 2.27. The largest absolute Gasteiger partial charge is 0.350 e. The number of likely N-dealkylation sites (tertiary alicyclic amines) is 1. The van der Waals surface area contributed by atoms with Gasteiger partial charge in [0.1, 0.15) is 4.99 Å². The van der Waals surface area contributed by atoms with Gasteiger partial charge in [-0.1, -0.05) is 19.1 Å². The van der Waals surface area contributed by atoms with Gasteiger partial charge in [0.05, 0.1) is 5.54 Å². The van der Waals surface area contributed by atoms with E-state index in [4.69, 9.17) is 24.4 Å². The monoisotopic (exact) mass is 243 g/mol. The van der Waals surface area contributed by atoms with E-state index in [1.54, 1.807) is 0 Å². The summed E-state index contributed by atoms with van der Waals surface area (Å²) in [6, 6.07) is 0.536. The number of thiocarbonyl (C=S) groups is 2. The minimum atomic E-state index is -0.0989. The molecule has 5 heteroatoms. The third kappa shape index (κ3) is 1.66. The van der Waals surface area contributed by atoms with Crippen LogP contribution < -0.4 is 10.6 Å². The summed E-state index contributed by atoms with van der Waals surface area (Å²) in [6.45, 7) is 5.52. The maximum absolute atomic E-state index is 5.42. The molecule has 0 aromatic heterocycles. The summed E-state index contributed by atoms with van der Waals surface area (Å²) in [7, 11) is 2.16. The molecule has 0 radical (unpaired) electrons.